The molecule has 0 aliphatic rings. The third kappa shape index (κ3) is 3.95. The van der Waals surface area contributed by atoms with Gasteiger partial charge in [-0.05, 0) is 41.1 Å². The minimum atomic E-state index is -0.462. The molecule has 0 amide bonds. The Labute approximate surface area is 131 Å². The Morgan fingerprint density at radius 2 is 2.10 bits per heavy atom. The van der Waals surface area contributed by atoms with Crippen molar-refractivity contribution in [3.05, 3.63) is 51.8 Å². The van der Waals surface area contributed by atoms with Gasteiger partial charge in [0.15, 0.2) is 0 Å². The fraction of sp³-hybridized carbons (Fsp3) is 0.200. The number of esters is 1. The van der Waals surface area contributed by atoms with Gasteiger partial charge in [-0.15, -0.1) is 0 Å². The number of aryl methyl sites for hydroxylation is 1. The summed E-state index contributed by atoms with van der Waals surface area (Å²) in [5.41, 5.74) is 7.98. The van der Waals surface area contributed by atoms with E-state index in [1.54, 1.807) is 37.4 Å². The van der Waals surface area contributed by atoms with Crippen LogP contribution in [0.25, 0.3) is 0 Å². The predicted octanol–water partition coefficient (Wildman–Crippen LogP) is 3.10. The van der Waals surface area contributed by atoms with Gasteiger partial charge in [-0.1, -0.05) is 0 Å². The highest BCUT2D eigenvalue weighted by Gasteiger charge is 2.13. The predicted molar refractivity (Wildman–Crippen MR) is 83.2 cm³/mol. The monoisotopic (exact) mass is 350 g/mol. The molecule has 2 aromatic rings. The molecule has 0 fully saturated rings. The molecule has 6 heteroatoms. The van der Waals surface area contributed by atoms with Crippen molar-refractivity contribution in [3.8, 4) is 5.75 Å². The van der Waals surface area contributed by atoms with Gasteiger partial charge in [0.05, 0.1) is 18.4 Å². The van der Waals surface area contributed by atoms with Crippen LogP contribution in [0.15, 0.2) is 34.8 Å². The first-order valence-electron chi connectivity index (χ1n) is 6.23. The highest BCUT2D eigenvalue weighted by Crippen LogP contribution is 2.21. The minimum Gasteiger partial charge on any atom is -0.497 e. The van der Waals surface area contributed by atoms with Crippen LogP contribution in [0.2, 0.25) is 0 Å². The van der Waals surface area contributed by atoms with Crippen LogP contribution in [0.5, 0.6) is 5.75 Å². The molecule has 0 saturated heterocycles. The quantitative estimate of drug-likeness (QED) is 0.677. The molecule has 0 aliphatic carbocycles. The zero-order chi connectivity index (χ0) is 15.4. The number of nitrogen functional groups attached to an aromatic ring is 1. The summed E-state index contributed by atoms with van der Waals surface area (Å²) in [4.78, 5) is 16.4. The van der Waals surface area contributed by atoms with E-state index in [0.29, 0.717) is 27.2 Å². The van der Waals surface area contributed by atoms with Crippen molar-refractivity contribution in [1.82, 2.24) is 4.98 Å². The Kier molecular flexibility index (Phi) is 4.80. The second-order valence-electron chi connectivity index (χ2n) is 4.46. The van der Waals surface area contributed by atoms with Crippen LogP contribution in [-0.2, 0) is 11.3 Å². The minimum absolute atomic E-state index is 0.0676. The number of carbonyl (C=O) groups excluding carboxylic acids is 1. The smallest absolute Gasteiger partial charge is 0.339 e. The number of anilines is 1. The number of nitrogens with zero attached hydrogens (tertiary/aromatic N) is 1. The molecule has 2 N–H and O–H groups in total. The molecule has 2 rings (SSSR count). The standard InChI is InChI=1S/C15H15BrN2O3/c1-9-5-12(20-2)7-11(18-9)8-21-15(19)13-6-10(17)3-4-14(13)16/h3-7H,8,17H2,1-2H3. The largest absolute Gasteiger partial charge is 0.497 e. The summed E-state index contributed by atoms with van der Waals surface area (Å²) in [5.74, 6) is 0.218. The van der Waals surface area contributed by atoms with E-state index in [2.05, 4.69) is 20.9 Å². The van der Waals surface area contributed by atoms with Gasteiger partial charge < -0.3 is 15.2 Å². The number of benzene rings is 1. The topological polar surface area (TPSA) is 74.4 Å². The Morgan fingerprint density at radius 3 is 2.81 bits per heavy atom. The summed E-state index contributed by atoms with van der Waals surface area (Å²) in [6.07, 6.45) is 0. The molecule has 1 heterocycles. The third-order valence-corrected chi connectivity index (χ3v) is 3.47. The third-order valence-electron chi connectivity index (χ3n) is 2.78. The van der Waals surface area contributed by atoms with E-state index >= 15 is 0 Å². The lowest BCUT2D eigenvalue weighted by Crippen LogP contribution is -2.08. The normalized spacial score (nSPS) is 10.2. The molecule has 5 nitrogen and oxygen atoms in total. The van der Waals surface area contributed by atoms with Crippen LogP contribution < -0.4 is 10.5 Å². The Hall–Kier alpha value is -2.08. The SMILES string of the molecule is COc1cc(C)nc(COC(=O)c2cc(N)ccc2Br)c1. The van der Waals surface area contributed by atoms with E-state index in [4.69, 9.17) is 15.2 Å². The lowest BCUT2D eigenvalue weighted by atomic mass is 10.2. The van der Waals surface area contributed by atoms with Crippen molar-refractivity contribution >= 4 is 27.6 Å². The van der Waals surface area contributed by atoms with Crippen LogP contribution in [0.4, 0.5) is 5.69 Å². The van der Waals surface area contributed by atoms with Gasteiger partial charge in [-0.2, -0.15) is 0 Å². The van der Waals surface area contributed by atoms with Gasteiger partial charge in [0.25, 0.3) is 0 Å². The molecular formula is C15H15BrN2O3. The average Bonchev–Trinajstić information content (AvgIpc) is 2.46. The van der Waals surface area contributed by atoms with Crippen molar-refractivity contribution in [3.63, 3.8) is 0 Å². The molecule has 0 aliphatic heterocycles. The average molecular weight is 351 g/mol. The van der Waals surface area contributed by atoms with Crippen molar-refractivity contribution in [2.24, 2.45) is 0 Å². The number of hydrogen-bond donors (Lipinski definition) is 1. The fourth-order valence-electron chi connectivity index (χ4n) is 1.81. The molecule has 0 spiro atoms. The van der Waals surface area contributed by atoms with Crippen LogP contribution in [0.3, 0.4) is 0 Å². The number of halogens is 1. The van der Waals surface area contributed by atoms with Gasteiger partial charge >= 0.3 is 5.97 Å². The maximum Gasteiger partial charge on any atom is 0.339 e. The number of hydrogen-bond acceptors (Lipinski definition) is 5. The van der Waals surface area contributed by atoms with E-state index < -0.39 is 5.97 Å². The molecule has 0 atom stereocenters. The molecular weight excluding hydrogens is 336 g/mol. The highest BCUT2D eigenvalue weighted by atomic mass is 79.9. The number of nitrogens with two attached hydrogens (primary N) is 1. The summed E-state index contributed by atoms with van der Waals surface area (Å²) in [6, 6.07) is 8.51. The fourth-order valence-corrected chi connectivity index (χ4v) is 2.22. The highest BCUT2D eigenvalue weighted by molar-refractivity contribution is 9.10. The number of carbonyl (C=O) groups is 1. The van der Waals surface area contributed by atoms with Gasteiger partial charge in [-0.3, -0.25) is 4.98 Å². The maximum absolute atomic E-state index is 12.1. The second kappa shape index (κ2) is 6.58. The molecule has 0 bridgehead atoms. The number of methoxy groups -OCH3 is 1. The molecule has 1 aromatic heterocycles. The summed E-state index contributed by atoms with van der Waals surface area (Å²) in [6.45, 7) is 1.92. The van der Waals surface area contributed by atoms with Crippen molar-refractivity contribution in [2.75, 3.05) is 12.8 Å². The Morgan fingerprint density at radius 1 is 1.33 bits per heavy atom. The van der Waals surface area contributed by atoms with Crippen molar-refractivity contribution in [1.29, 1.82) is 0 Å². The van der Waals surface area contributed by atoms with Crippen LogP contribution in [0, 0.1) is 6.92 Å². The van der Waals surface area contributed by atoms with Gasteiger partial charge in [0.2, 0.25) is 0 Å². The van der Waals surface area contributed by atoms with Gasteiger partial charge in [0.1, 0.15) is 12.4 Å². The maximum atomic E-state index is 12.1. The van der Waals surface area contributed by atoms with E-state index in [-0.39, 0.29) is 6.61 Å². The second-order valence-corrected chi connectivity index (χ2v) is 5.31. The van der Waals surface area contributed by atoms with Crippen molar-refractivity contribution in [2.45, 2.75) is 13.5 Å². The van der Waals surface area contributed by atoms with Crippen molar-refractivity contribution < 1.29 is 14.3 Å². The molecule has 21 heavy (non-hydrogen) atoms. The lowest BCUT2D eigenvalue weighted by Gasteiger charge is -2.08. The number of rotatable bonds is 4. The lowest BCUT2D eigenvalue weighted by molar-refractivity contribution is 0.0466. The Balaban J connectivity index is 2.11. The molecule has 110 valence electrons. The Bertz CT molecular complexity index is 674. The summed E-state index contributed by atoms with van der Waals surface area (Å²) in [7, 11) is 1.58. The summed E-state index contributed by atoms with van der Waals surface area (Å²) < 4.78 is 11.1. The van der Waals surface area contributed by atoms with Gasteiger partial charge in [0, 0.05) is 28.0 Å². The first-order chi connectivity index (χ1) is 9.99. The zero-order valence-corrected chi connectivity index (χ0v) is 13.3. The molecule has 0 saturated carbocycles. The van der Waals surface area contributed by atoms with E-state index in [1.807, 2.05) is 6.92 Å². The zero-order valence-electron chi connectivity index (χ0n) is 11.7. The van der Waals surface area contributed by atoms with Crippen LogP contribution >= 0.6 is 15.9 Å². The van der Waals surface area contributed by atoms with E-state index in [0.717, 1.165) is 5.69 Å². The molecule has 1 aromatic carbocycles. The first kappa shape index (κ1) is 15.3. The van der Waals surface area contributed by atoms with Gasteiger partial charge in [-0.25, -0.2) is 4.79 Å². The van der Waals surface area contributed by atoms with Crippen LogP contribution in [-0.4, -0.2) is 18.1 Å². The first-order valence-corrected chi connectivity index (χ1v) is 7.02. The number of ether oxygens (including phenoxy) is 2. The number of pyridine rings is 1. The molecule has 0 radical (unpaired) electrons. The van der Waals surface area contributed by atoms with E-state index in [1.165, 1.54) is 0 Å². The molecule has 0 unspecified atom stereocenters. The van der Waals surface area contributed by atoms with Crippen LogP contribution in [0.1, 0.15) is 21.7 Å². The summed E-state index contributed by atoms with van der Waals surface area (Å²) >= 11 is 3.30. The summed E-state index contributed by atoms with van der Waals surface area (Å²) in [5, 5.41) is 0. The number of aromatic nitrogens is 1. The van der Waals surface area contributed by atoms with E-state index in [9.17, 15) is 4.79 Å².